The number of hydrogen-bond acceptors (Lipinski definition) is 4. The summed E-state index contributed by atoms with van der Waals surface area (Å²) >= 11 is 0. The van der Waals surface area contributed by atoms with Gasteiger partial charge in [-0.15, -0.1) is 0 Å². The van der Waals surface area contributed by atoms with E-state index in [9.17, 15) is 23.1 Å². The van der Waals surface area contributed by atoms with E-state index in [4.69, 9.17) is 0 Å². The van der Waals surface area contributed by atoms with Gasteiger partial charge in [-0.25, -0.2) is 13.1 Å². The van der Waals surface area contributed by atoms with Crippen LogP contribution in [0.4, 0.5) is 0 Å². The molecule has 0 aliphatic rings. The predicted octanol–water partition coefficient (Wildman–Crippen LogP) is 2.29. The lowest BCUT2D eigenvalue weighted by molar-refractivity contribution is -0.149. The van der Waals surface area contributed by atoms with Gasteiger partial charge in [0, 0.05) is 19.5 Å². The third-order valence-corrected chi connectivity index (χ3v) is 6.71. The van der Waals surface area contributed by atoms with E-state index in [0.29, 0.717) is 24.0 Å². The summed E-state index contributed by atoms with van der Waals surface area (Å²) in [5.74, 6) is -1.33. The Bertz CT molecular complexity index is 775. The van der Waals surface area contributed by atoms with E-state index < -0.39 is 21.4 Å². The van der Waals surface area contributed by atoms with Crippen molar-refractivity contribution in [2.75, 3.05) is 13.1 Å². The average Bonchev–Trinajstić information content (AvgIpc) is 2.54. The fourth-order valence-electron chi connectivity index (χ4n) is 3.20. The first kappa shape index (κ1) is 23.1. The highest BCUT2D eigenvalue weighted by atomic mass is 32.2. The summed E-state index contributed by atoms with van der Waals surface area (Å²) in [5.41, 5.74) is 1.30. The number of carboxylic acid groups (broad SMARTS) is 1. The van der Waals surface area contributed by atoms with Gasteiger partial charge in [-0.05, 0) is 44.7 Å². The molecule has 0 saturated heterocycles. The zero-order valence-electron chi connectivity index (χ0n) is 16.7. The van der Waals surface area contributed by atoms with Gasteiger partial charge in [-0.1, -0.05) is 31.5 Å². The topological polar surface area (TPSA) is 113 Å². The van der Waals surface area contributed by atoms with Gasteiger partial charge in [0.2, 0.25) is 15.9 Å². The Balaban J connectivity index is 2.67. The summed E-state index contributed by atoms with van der Waals surface area (Å²) in [4.78, 5) is 23.7. The molecule has 0 spiro atoms. The fraction of sp³-hybridized carbons (Fsp3) is 0.579. The van der Waals surface area contributed by atoms with Crippen LogP contribution in [0, 0.1) is 26.2 Å². The van der Waals surface area contributed by atoms with E-state index in [1.807, 2.05) is 6.92 Å². The summed E-state index contributed by atoms with van der Waals surface area (Å²) in [5, 5.41) is 12.0. The van der Waals surface area contributed by atoms with Gasteiger partial charge in [0.1, 0.15) is 0 Å². The molecular formula is C19H30N2O5S. The lowest BCUT2D eigenvalue weighted by atomic mass is 9.82. The molecule has 8 heteroatoms. The maximum atomic E-state index is 12.5. The molecule has 0 saturated carbocycles. The zero-order valence-corrected chi connectivity index (χ0v) is 17.5. The largest absolute Gasteiger partial charge is 0.481 e. The number of benzene rings is 1. The second-order valence-electron chi connectivity index (χ2n) is 6.94. The van der Waals surface area contributed by atoms with Gasteiger partial charge in [0.15, 0.2) is 0 Å². The Hall–Kier alpha value is -1.93. The monoisotopic (exact) mass is 398 g/mol. The summed E-state index contributed by atoms with van der Waals surface area (Å²) < 4.78 is 27.5. The first-order valence-corrected chi connectivity index (χ1v) is 10.5. The molecular weight excluding hydrogens is 368 g/mol. The number of carbonyl (C=O) groups is 2. The molecule has 0 aromatic heterocycles. The average molecular weight is 399 g/mol. The maximum Gasteiger partial charge on any atom is 0.311 e. The third-order valence-electron chi connectivity index (χ3n) is 4.95. The standard InChI is InChI=1S/C19H30N2O5S/c1-6-19(7-2,18(23)24)12-20-16(22)8-9-21-27(25,26)17-14(4)10-13(3)11-15(17)5/h10-11,21H,6-9,12H2,1-5H3,(H,20,22)(H,23,24). The molecule has 0 heterocycles. The van der Waals surface area contributed by atoms with Crippen LogP contribution in [0.15, 0.2) is 17.0 Å². The molecule has 3 N–H and O–H groups in total. The van der Waals surface area contributed by atoms with Crippen LogP contribution in [0.3, 0.4) is 0 Å². The molecule has 1 aromatic rings. The lowest BCUT2D eigenvalue weighted by Crippen LogP contribution is -2.43. The van der Waals surface area contributed by atoms with Crippen LogP contribution < -0.4 is 10.0 Å². The van der Waals surface area contributed by atoms with Crippen molar-refractivity contribution in [3.63, 3.8) is 0 Å². The number of carbonyl (C=O) groups excluding carboxylic acids is 1. The van der Waals surface area contributed by atoms with E-state index in [2.05, 4.69) is 10.0 Å². The molecule has 0 fully saturated rings. The summed E-state index contributed by atoms with van der Waals surface area (Å²) in [7, 11) is -3.72. The fourth-order valence-corrected chi connectivity index (χ4v) is 4.68. The van der Waals surface area contributed by atoms with Crippen LogP contribution >= 0.6 is 0 Å². The predicted molar refractivity (Wildman–Crippen MR) is 104 cm³/mol. The van der Waals surface area contributed by atoms with Crippen molar-refractivity contribution in [2.24, 2.45) is 5.41 Å². The normalized spacial score (nSPS) is 12.0. The molecule has 0 bridgehead atoms. The maximum absolute atomic E-state index is 12.5. The molecule has 1 amide bonds. The summed E-state index contributed by atoms with van der Waals surface area (Å²) in [6, 6.07) is 3.60. The SMILES string of the molecule is CCC(CC)(CNC(=O)CCNS(=O)(=O)c1c(C)cc(C)cc1C)C(=O)O. The highest BCUT2D eigenvalue weighted by Crippen LogP contribution is 2.25. The zero-order chi connectivity index (χ0) is 20.8. The van der Waals surface area contributed by atoms with Crippen molar-refractivity contribution in [1.29, 1.82) is 0 Å². The third kappa shape index (κ3) is 5.77. The molecule has 7 nitrogen and oxygen atoms in total. The first-order valence-electron chi connectivity index (χ1n) is 9.06. The minimum atomic E-state index is -3.72. The Morgan fingerprint density at radius 3 is 2.04 bits per heavy atom. The van der Waals surface area contributed by atoms with Crippen molar-refractivity contribution < 1.29 is 23.1 Å². The van der Waals surface area contributed by atoms with E-state index in [-0.39, 0.29) is 30.3 Å². The van der Waals surface area contributed by atoms with Crippen LogP contribution in [0.25, 0.3) is 0 Å². The Morgan fingerprint density at radius 2 is 1.59 bits per heavy atom. The molecule has 0 unspecified atom stereocenters. The molecule has 1 rings (SSSR count). The molecule has 152 valence electrons. The van der Waals surface area contributed by atoms with Crippen LogP contribution in [-0.4, -0.2) is 38.5 Å². The van der Waals surface area contributed by atoms with Gasteiger partial charge in [-0.3, -0.25) is 9.59 Å². The minimum Gasteiger partial charge on any atom is -0.481 e. The van der Waals surface area contributed by atoms with Gasteiger partial charge >= 0.3 is 5.97 Å². The van der Waals surface area contributed by atoms with Crippen molar-refractivity contribution in [3.8, 4) is 0 Å². The number of hydrogen-bond donors (Lipinski definition) is 3. The molecule has 0 atom stereocenters. The van der Waals surface area contributed by atoms with Crippen LogP contribution in [-0.2, 0) is 19.6 Å². The minimum absolute atomic E-state index is 0.0249. The summed E-state index contributed by atoms with van der Waals surface area (Å²) in [6.45, 7) is 8.88. The van der Waals surface area contributed by atoms with Crippen molar-refractivity contribution in [2.45, 2.75) is 58.8 Å². The molecule has 0 radical (unpaired) electrons. The highest BCUT2D eigenvalue weighted by molar-refractivity contribution is 7.89. The number of rotatable bonds is 10. The quantitative estimate of drug-likeness (QED) is 0.560. The van der Waals surface area contributed by atoms with E-state index in [1.165, 1.54) is 0 Å². The van der Waals surface area contributed by atoms with Gasteiger partial charge in [-0.2, -0.15) is 0 Å². The van der Waals surface area contributed by atoms with Gasteiger partial charge in [0.05, 0.1) is 10.3 Å². The molecule has 0 aliphatic heterocycles. The number of aryl methyl sites for hydroxylation is 3. The van der Waals surface area contributed by atoms with Crippen molar-refractivity contribution in [1.82, 2.24) is 10.0 Å². The Labute approximate surface area is 161 Å². The molecule has 1 aromatic carbocycles. The number of carboxylic acids is 1. The number of amides is 1. The second-order valence-corrected chi connectivity index (χ2v) is 8.65. The number of aliphatic carboxylic acids is 1. The van der Waals surface area contributed by atoms with Crippen LogP contribution in [0.2, 0.25) is 0 Å². The van der Waals surface area contributed by atoms with Crippen molar-refractivity contribution in [3.05, 3.63) is 28.8 Å². The van der Waals surface area contributed by atoms with E-state index in [0.717, 1.165) is 5.56 Å². The summed E-state index contributed by atoms with van der Waals surface area (Å²) in [6.07, 6.45) is 0.738. The second kappa shape index (κ2) is 9.32. The van der Waals surface area contributed by atoms with Gasteiger partial charge in [0.25, 0.3) is 0 Å². The number of nitrogens with one attached hydrogen (secondary N) is 2. The molecule has 27 heavy (non-hydrogen) atoms. The number of sulfonamides is 1. The van der Waals surface area contributed by atoms with E-state index in [1.54, 1.807) is 39.8 Å². The van der Waals surface area contributed by atoms with Crippen LogP contribution in [0.1, 0.15) is 49.8 Å². The Kier molecular flexibility index (Phi) is 7.98. The highest BCUT2D eigenvalue weighted by Gasteiger charge is 2.35. The first-order chi connectivity index (χ1) is 12.5. The molecule has 0 aliphatic carbocycles. The van der Waals surface area contributed by atoms with Crippen LogP contribution in [0.5, 0.6) is 0 Å². The Morgan fingerprint density at radius 1 is 1.07 bits per heavy atom. The van der Waals surface area contributed by atoms with E-state index >= 15 is 0 Å². The van der Waals surface area contributed by atoms with Gasteiger partial charge < -0.3 is 10.4 Å². The smallest absolute Gasteiger partial charge is 0.311 e. The van der Waals surface area contributed by atoms with Crippen molar-refractivity contribution >= 4 is 21.9 Å². The lowest BCUT2D eigenvalue weighted by Gasteiger charge is -2.26.